The maximum atomic E-state index is 12.1. The third-order valence-corrected chi connectivity index (χ3v) is 2.14. The van der Waals surface area contributed by atoms with Crippen LogP contribution in [0.2, 0.25) is 0 Å². The van der Waals surface area contributed by atoms with Crippen molar-refractivity contribution < 1.29 is 13.2 Å². The average Bonchev–Trinajstić information content (AvgIpc) is 2.02. The molecule has 0 fully saturated rings. The van der Waals surface area contributed by atoms with Gasteiger partial charge in [0, 0.05) is 11.8 Å². The minimum absolute atomic E-state index is 0.0602. The molecule has 0 unspecified atom stereocenters. The van der Waals surface area contributed by atoms with Crippen LogP contribution in [0.3, 0.4) is 0 Å². The molecule has 0 spiro atoms. The van der Waals surface area contributed by atoms with Crippen LogP contribution in [0.25, 0.3) is 0 Å². The van der Waals surface area contributed by atoms with Crippen LogP contribution in [0.5, 0.6) is 0 Å². The van der Waals surface area contributed by atoms with Crippen molar-refractivity contribution in [2.75, 3.05) is 0 Å². The summed E-state index contributed by atoms with van der Waals surface area (Å²) in [6.07, 6.45) is -3.05. The Kier molecular flexibility index (Phi) is 2.92. The van der Waals surface area contributed by atoms with E-state index in [2.05, 4.69) is 20.9 Å². The summed E-state index contributed by atoms with van der Waals surface area (Å²) in [5.41, 5.74) is 4.92. The highest BCUT2D eigenvalue weighted by Crippen LogP contribution is 2.32. The minimum Gasteiger partial charge on any atom is -0.316 e. The summed E-state index contributed by atoms with van der Waals surface area (Å²) in [6, 6.07) is 0.705. The summed E-state index contributed by atoms with van der Waals surface area (Å²) >= 11 is 2.90. The Morgan fingerprint density at radius 1 is 1.46 bits per heavy atom. The number of rotatable bonds is 1. The zero-order valence-corrected chi connectivity index (χ0v) is 7.93. The van der Waals surface area contributed by atoms with Crippen LogP contribution in [0.4, 0.5) is 13.2 Å². The maximum absolute atomic E-state index is 12.1. The van der Waals surface area contributed by atoms with E-state index in [1.807, 2.05) is 0 Å². The molecule has 1 aromatic rings. The lowest BCUT2D eigenvalue weighted by molar-refractivity contribution is -0.149. The molecule has 0 radical (unpaired) electrons. The molecular formula is C7H6BrF3N2. The quantitative estimate of drug-likeness (QED) is 0.782. The molecule has 0 aromatic carbocycles. The fraction of sp³-hybridized carbons (Fsp3) is 0.286. The van der Waals surface area contributed by atoms with Gasteiger partial charge in [-0.05, 0) is 22.0 Å². The van der Waals surface area contributed by atoms with Gasteiger partial charge in [0.15, 0.2) is 0 Å². The number of halogens is 4. The summed E-state index contributed by atoms with van der Waals surface area (Å²) in [6.45, 7) is 0. The number of pyridine rings is 1. The molecule has 0 aliphatic carbocycles. The Labute approximate surface area is 81.1 Å². The van der Waals surface area contributed by atoms with Crippen molar-refractivity contribution in [2.24, 2.45) is 5.73 Å². The standard InChI is InChI=1S/C7H6BrF3N2/c8-6-4(2-1-3-13-6)5(12)7(9,10)11/h1-3,5H,12H2/t5-/m1/s1. The fourth-order valence-corrected chi connectivity index (χ4v) is 1.30. The van der Waals surface area contributed by atoms with Gasteiger partial charge in [0.05, 0.1) is 0 Å². The molecule has 0 bridgehead atoms. The van der Waals surface area contributed by atoms with Crippen LogP contribution < -0.4 is 5.73 Å². The summed E-state index contributed by atoms with van der Waals surface area (Å²) in [5, 5.41) is 0. The largest absolute Gasteiger partial charge is 0.407 e. The van der Waals surface area contributed by atoms with E-state index in [1.54, 1.807) is 0 Å². The van der Waals surface area contributed by atoms with Gasteiger partial charge in [0.25, 0.3) is 0 Å². The Bertz CT molecular complexity index is 300. The molecule has 6 heteroatoms. The molecule has 0 saturated heterocycles. The number of nitrogens with two attached hydrogens (primary N) is 1. The molecule has 0 saturated carbocycles. The van der Waals surface area contributed by atoms with E-state index in [0.717, 1.165) is 0 Å². The van der Waals surface area contributed by atoms with Crippen LogP contribution in [0, 0.1) is 0 Å². The Morgan fingerprint density at radius 3 is 2.54 bits per heavy atom. The van der Waals surface area contributed by atoms with Crippen molar-refractivity contribution in [2.45, 2.75) is 12.2 Å². The molecular weight excluding hydrogens is 249 g/mol. The molecule has 1 heterocycles. The summed E-state index contributed by atoms with van der Waals surface area (Å²) < 4.78 is 36.5. The minimum atomic E-state index is -4.44. The molecule has 0 aliphatic rings. The van der Waals surface area contributed by atoms with E-state index in [1.165, 1.54) is 18.3 Å². The summed E-state index contributed by atoms with van der Waals surface area (Å²) in [5.74, 6) is 0. The van der Waals surface area contributed by atoms with Crippen LogP contribution >= 0.6 is 15.9 Å². The van der Waals surface area contributed by atoms with E-state index in [4.69, 9.17) is 5.73 Å². The zero-order valence-electron chi connectivity index (χ0n) is 6.35. The topological polar surface area (TPSA) is 38.9 Å². The zero-order chi connectivity index (χ0) is 10.1. The second-order valence-electron chi connectivity index (χ2n) is 2.40. The van der Waals surface area contributed by atoms with E-state index < -0.39 is 12.2 Å². The van der Waals surface area contributed by atoms with E-state index in [9.17, 15) is 13.2 Å². The van der Waals surface area contributed by atoms with Crippen LogP contribution in [0.15, 0.2) is 22.9 Å². The third-order valence-electron chi connectivity index (χ3n) is 1.48. The first-order valence-corrected chi connectivity index (χ1v) is 4.15. The van der Waals surface area contributed by atoms with Gasteiger partial charge >= 0.3 is 6.18 Å². The first-order valence-electron chi connectivity index (χ1n) is 3.35. The molecule has 1 aromatic heterocycles. The Hall–Kier alpha value is -0.620. The van der Waals surface area contributed by atoms with Gasteiger partial charge in [-0.1, -0.05) is 6.07 Å². The van der Waals surface area contributed by atoms with Gasteiger partial charge in [0.1, 0.15) is 10.6 Å². The Balaban J connectivity index is 3.02. The molecule has 1 rings (SSSR count). The SMILES string of the molecule is N[C@H](c1cccnc1Br)C(F)(F)F. The van der Waals surface area contributed by atoms with Crippen molar-refractivity contribution in [1.82, 2.24) is 4.98 Å². The normalized spacial score (nSPS) is 14.2. The lowest BCUT2D eigenvalue weighted by Crippen LogP contribution is -2.28. The van der Waals surface area contributed by atoms with Gasteiger partial charge in [-0.3, -0.25) is 0 Å². The van der Waals surface area contributed by atoms with E-state index in [0.29, 0.717) is 0 Å². The number of aromatic nitrogens is 1. The maximum Gasteiger partial charge on any atom is 0.407 e. The second kappa shape index (κ2) is 3.63. The molecule has 72 valence electrons. The summed E-state index contributed by atoms with van der Waals surface area (Å²) in [7, 11) is 0. The Morgan fingerprint density at radius 2 is 2.08 bits per heavy atom. The van der Waals surface area contributed by atoms with Gasteiger partial charge < -0.3 is 5.73 Å². The van der Waals surface area contributed by atoms with Crippen LogP contribution in [-0.4, -0.2) is 11.2 Å². The fourth-order valence-electron chi connectivity index (χ4n) is 0.807. The highest BCUT2D eigenvalue weighted by Gasteiger charge is 2.38. The van der Waals surface area contributed by atoms with Crippen molar-refractivity contribution in [1.29, 1.82) is 0 Å². The second-order valence-corrected chi connectivity index (χ2v) is 3.15. The predicted molar refractivity (Wildman–Crippen MR) is 44.9 cm³/mol. The lowest BCUT2D eigenvalue weighted by atomic mass is 10.1. The van der Waals surface area contributed by atoms with Gasteiger partial charge in [-0.15, -0.1) is 0 Å². The first kappa shape index (κ1) is 10.5. The van der Waals surface area contributed by atoms with Crippen LogP contribution in [-0.2, 0) is 0 Å². The number of nitrogens with zero attached hydrogens (tertiary/aromatic N) is 1. The highest BCUT2D eigenvalue weighted by atomic mass is 79.9. The molecule has 2 N–H and O–H groups in total. The smallest absolute Gasteiger partial charge is 0.316 e. The van der Waals surface area contributed by atoms with Crippen molar-refractivity contribution in [3.05, 3.63) is 28.5 Å². The van der Waals surface area contributed by atoms with Crippen molar-refractivity contribution in [3.8, 4) is 0 Å². The monoisotopic (exact) mass is 254 g/mol. The molecule has 2 nitrogen and oxygen atoms in total. The van der Waals surface area contributed by atoms with E-state index >= 15 is 0 Å². The average molecular weight is 255 g/mol. The number of hydrogen-bond donors (Lipinski definition) is 1. The first-order chi connectivity index (χ1) is 5.93. The van der Waals surface area contributed by atoms with Crippen molar-refractivity contribution in [3.63, 3.8) is 0 Å². The van der Waals surface area contributed by atoms with Crippen LogP contribution in [0.1, 0.15) is 11.6 Å². The highest BCUT2D eigenvalue weighted by molar-refractivity contribution is 9.10. The molecule has 1 atom stereocenters. The van der Waals surface area contributed by atoms with Gasteiger partial charge in [0.2, 0.25) is 0 Å². The molecule has 0 amide bonds. The lowest BCUT2D eigenvalue weighted by Gasteiger charge is -2.16. The number of hydrogen-bond acceptors (Lipinski definition) is 2. The summed E-state index contributed by atoms with van der Waals surface area (Å²) in [4.78, 5) is 3.65. The molecule has 0 aliphatic heterocycles. The molecule has 13 heavy (non-hydrogen) atoms. The predicted octanol–water partition coefficient (Wildman–Crippen LogP) is 2.41. The van der Waals surface area contributed by atoms with E-state index in [-0.39, 0.29) is 10.2 Å². The van der Waals surface area contributed by atoms with Crippen molar-refractivity contribution >= 4 is 15.9 Å². The number of alkyl halides is 3. The van der Waals surface area contributed by atoms with Gasteiger partial charge in [-0.2, -0.15) is 13.2 Å². The van der Waals surface area contributed by atoms with Gasteiger partial charge in [-0.25, -0.2) is 4.98 Å². The third kappa shape index (κ3) is 2.41.